The Hall–Kier alpha value is -0.210. The second-order valence-electron chi connectivity index (χ2n) is 4.68. The Morgan fingerprint density at radius 2 is 1.83 bits per heavy atom. The van der Waals surface area contributed by atoms with E-state index in [9.17, 15) is 8.42 Å². The SMILES string of the molecule is COCCCN(CCOC)C1CS(=O)(=O)CC1N. The molecule has 0 amide bonds. The quantitative estimate of drug-likeness (QED) is 0.580. The smallest absolute Gasteiger partial charge is 0.153 e. The first-order valence-corrected chi connectivity index (χ1v) is 8.00. The third kappa shape index (κ3) is 4.81. The Kier molecular flexibility index (Phi) is 6.51. The zero-order valence-corrected chi connectivity index (χ0v) is 12.0. The highest BCUT2D eigenvalue weighted by Crippen LogP contribution is 2.17. The van der Waals surface area contributed by atoms with Crippen molar-refractivity contribution in [1.82, 2.24) is 4.90 Å². The average Bonchev–Trinajstić information content (AvgIpc) is 2.57. The molecule has 0 aromatic rings. The van der Waals surface area contributed by atoms with Gasteiger partial charge in [0.25, 0.3) is 0 Å². The van der Waals surface area contributed by atoms with Crippen LogP contribution in [0.2, 0.25) is 0 Å². The summed E-state index contributed by atoms with van der Waals surface area (Å²) in [5.41, 5.74) is 5.94. The minimum Gasteiger partial charge on any atom is -0.385 e. The lowest BCUT2D eigenvalue weighted by Gasteiger charge is -2.30. The van der Waals surface area contributed by atoms with Crippen LogP contribution >= 0.6 is 0 Å². The van der Waals surface area contributed by atoms with E-state index in [1.807, 2.05) is 0 Å². The summed E-state index contributed by atoms with van der Waals surface area (Å²) >= 11 is 0. The van der Waals surface area contributed by atoms with Gasteiger partial charge in [-0.1, -0.05) is 0 Å². The van der Waals surface area contributed by atoms with Crippen molar-refractivity contribution in [3.63, 3.8) is 0 Å². The van der Waals surface area contributed by atoms with E-state index in [-0.39, 0.29) is 23.6 Å². The zero-order chi connectivity index (χ0) is 13.6. The molecule has 0 aromatic carbocycles. The molecule has 108 valence electrons. The molecule has 0 aliphatic carbocycles. The molecule has 0 spiro atoms. The van der Waals surface area contributed by atoms with Crippen LogP contribution in [0.25, 0.3) is 0 Å². The van der Waals surface area contributed by atoms with Gasteiger partial charge in [0.05, 0.1) is 18.1 Å². The molecule has 1 heterocycles. The fraction of sp³-hybridized carbons (Fsp3) is 1.00. The Morgan fingerprint density at radius 1 is 1.17 bits per heavy atom. The van der Waals surface area contributed by atoms with Crippen LogP contribution in [0, 0.1) is 0 Å². The minimum absolute atomic E-state index is 0.0887. The number of nitrogens with zero attached hydrogens (tertiary/aromatic N) is 1. The molecule has 0 saturated carbocycles. The molecule has 1 rings (SSSR count). The second kappa shape index (κ2) is 7.40. The van der Waals surface area contributed by atoms with Crippen molar-refractivity contribution in [2.24, 2.45) is 5.73 Å². The van der Waals surface area contributed by atoms with Gasteiger partial charge in [0.1, 0.15) is 0 Å². The molecule has 0 aromatic heterocycles. The molecule has 0 bridgehead atoms. The van der Waals surface area contributed by atoms with Gasteiger partial charge in [0.15, 0.2) is 9.84 Å². The fourth-order valence-electron chi connectivity index (χ4n) is 2.30. The minimum atomic E-state index is -2.98. The molecule has 6 nitrogen and oxygen atoms in total. The van der Waals surface area contributed by atoms with E-state index in [1.54, 1.807) is 14.2 Å². The standard InChI is InChI=1S/C11H24N2O4S/c1-16-6-3-4-13(5-7-17-2)11-9-18(14,15)8-10(11)12/h10-11H,3-9,12H2,1-2H3. The lowest BCUT2D eigenvalue weighted by atomic mass is 10.1. The van der Waals surface area contributed by atoms with Gasteiger partial charge in [-0.15, -0.1) is 0 Å². The van der Waals surface area contributed by atoms with Crippen LogP contribution in [0.4, 0.5) is 0 Å². The highest BCUT2D eigenvalue weighted by molar-refractivity contribution is 7.91. The maximum absolute atomic E-state index is 11.6. The summed E-state index contributed by atoms with van der Waals surface area (Å²) in [6, 6.07) is -0.392. The summed E-state index contributed by atoms with van der Waals surface area (Å²) in [6.45, 7) is 2.73. The number of ether oxygens (including phenoxy) is 2. The third-order valence-corrected chi connectivity index (χ3v) is 4.95. The number of hydrogen-bond donors (Lipinski definition) is 1. The summed E-state index contributed by atoms with van der Waals surface area (Å²) < 4.78 is 33.3. The Labute approximate surface area is 109 Å². The van der Waals surface area contributed by atoms with E-state index in [1.165, 1.54) is 0 Å². The molecule has 1 aliphatic rings. The van der Waals surface area contributed by atoms with Gasteiger partial charge in [-0.2, -0.15) is 0 Å². The van der Waals surface area contributed by atoms with Crippen molar-refractivity contribution in [2.45, 2.75) is 18.5 Å². The van der Waals surface area contributed by atoms with Crippen molar-refractivity contribution in [1.29, 1.82) is 0 Å². The molecular weight excluding hydrogens is 256 g/mol. The van der Waals surface area contributed by atoms with Gasteiger partial charge in [0, 0.05) is 46.0 Å². The Balaban J connectivity index is 2.58. The molecule has 2 N–H and O–H groups in total. The predicted octanol–water partition coefficient (Wildman–Crippen LogP) is -0.904. The van der Waals surface area contributed by atoms with Crippen molar-refractivity contribution in [3.05, 3.63) is 0 Å². The molecule has 1 aliphatic heterocycles. The number of nitrogens with two attached hydrogens (primary N) is 1. The summed E-state index contributed by atoms with van der Waals surface area (Å²) in [5.74, 6) is 0.246. The normalized spacial score (nSPS) is 26.9. The third-order valence-electron chi connectivity index (χ3n) is 3.21. The number of methoxy groups -OCH3 is 2. The van der Waals surface area contributed by atoms with Gasteiger partial charge < -0.3 is 15.2 Å². The highest BCUT2D eigenvalue weighted by Gasteiger charge is 2.38. The van der Waals surface area contributed by atoms with Gasteiger partial charge >= 0.3 is 0 Å². The van der Waals surface area contributed by atoms with Crippen LogP contribution in [-0.4, -0.2) is 77.4 Å². The van der Waals surface area contributed by atoms with E-state index >= 15 is 0 Å². The van der Waals surface area contributed by atoms with Gasteiger partial charge in [-0.3, -0.25) is 4.90 Å². The Morgan fingerprint density at radius 3 is 2.33 bits per heavy atom. The molecule has 7 heteroatoms. The molecular formula is C11H24N2O4S. The highest BCUT2D eigenvalue weighted by atomic mass is 32.2. The first-order chi connectivity index (χ1) is 8.50. The molecule has 1 fully saturated rings. The molecule has 2 unspecified atom stereocenters. The van der Waals surface area contributed by atoms with Crippen LogP contribution in [-0.2, 0) is 19.3 Å². The molecule has 0 radical (unpaired) electrons. The maximum Gasteiger partial charge on any atom is 0.153 e. The van der Waals surface area contributed by atoms with Crippen LogP contribution in [0.3, 0.4) is 0 Å². The van der Waals surface area contributed by atoms with Crippen LogP contribution in [0.5, 0.6) is 0 Å². The molecule has 18 heavy (non-hydrogen) atoms. The summed E-state index contributed by atoms with van der Waals surface area (Å²) in [7, 11) is 0.312. The van der Waals surface area contributed by atoms with E-state index in [4.69, 9.17) is 15.2 Å². The van der Waals surface area contributed by atoms with E-state index < -0.39 is 9.84 Å². The summed E-state index contributed by atoms with van der Waals surface area (Å²) in [5, 5.41) is 0. The Bertz CT molecular complexity index is 334. The monoisotopic (exact) mass is 280 g/mol. The maximum atomic E-state index is 11.6. The van der Waals surface area contributed by atoms with Gasteiger partial charge in [-0.05, 0) is 6.42 Å². The van der Waals surface area contributed by atoms with Crippen molar-refractivity contribution in [2.75, 3.05) is 52.0 Å². The lowest BCUT2D eigenvalue weighted by Crippen LogP contribution is -2.48. The summed E-state index contributed by atoms with van der Waals surface area (Å²) in [4.78, 5) is 2.11. The van der Waals surface area contributed by atoms with E-state index in [2.05, 4.69) is 4.90 Å². The van der Waals surface area contributed by atoms with Gasteiger partial charge in [-0.25, -0.2) is 8.42 Å². The number of sulfone groups is 1. The van der Waals surface area contributed by atoms with Crippen LogP contribution in [0.1, 0.15) is 6.42 Å². The number of hydrogen-bond acceptors (Lipinski definition) is 6. The number of rotatable bonds is 8. The average molecular weight is 280 g/mol. The fourth-order valence-corrected chi connectivity index (χ4v) is 4.22. The van der Waals surface area contributed by atoms with Crippen molar-refractivity contribution < 1.29 is 17.9 Å². The van der Waals surface area contributed by atoms with Crippen molar-refractivity contribution >= 4 is 9.84 Å². The molecule has 1 saturated heterocycles. The first-order valence-electron chi connectivity index (χ1n) is 6.18. The van der Waals surface area contributed by atoms with Gasteiger partial charge in [0.2, 0.25) is 0 Å². The first kappa shape index (κ1) is 15.8. The zero-order valence-electron chi connectivity index (χ0n) is 11.2. The largest absolute Gasteiger partial charge is 0.385 e. The summed E-state index contributed by atoms with van der Waals surface area (Å²) in [6.07, 6.45) is 0.865. The van der Waals surface area contributed by atoms with Crippen molar-refractivity contribution in [3.8, 4) is 0 Å². The van der Waals surface area contributed by atoms with E-state index in [0.29, 0.717) is 19.8 Å². The van der Waals surface area contributed by atoms with Crippen LogP contribution < -0.4 is 5.73 Å². The van der Waals surface area contributed by atoms with E-state index in [0.717, 1.165) is 13.0 Å². The van der Waals surface area contributed by atoms with Crippen LogP contribution in [0.15, 0.2) is 0 Å². The second-order valence-corrected chi connectivity index (χ2v) is 6.84. The molecule has 2 atom stereocenters. The topological polar surface area (TPSA) is 81.9 Å². The lowest BCUT2D eigenvalue weighted by molar-refractivity contribution is 0.108. The predicted molar refractivity (Wildman–Crippen MR) is 70.4 cm³/mol.